The van der Waals surface area contributed by atoms with Crippen molar-refractivity contribution in [3.05, 3.63) is 54.1 Å². The summed E-state index contributed by atoms with van der Waals surface area (Å²) >= 11 is 5.53. The molecular formula is C19H19ClN2O3. The van der Waals surface area contributed by atoms with Gasteiger partial charge in [-0.25, -0.2) is 0 Å². The van der Waals surface area contributed by atoms with E-state index in [2.05, 4.69) is 5.32 Å². The van der Waals surface area contributed by atoms with Gasteiger partial charge in [0.2, 0.25) is 5.91 Å². The van der Waals surface area contributed by atoms with Gasteiger partial charge in [-0.15, -0.1) is 11.6 Å². The number of fused-ring (bicyclic) bond motifs is 1. The minimum absolute atomic E-state index is 0.0933. The van der Waals surface area contributed by atoms with Gasteiger partial charge in [0.05, 0.1) is 5.69 Å². The number of rotatable bonds is 5. The lowest BCUT2D eigenvalue weighted by Crippen LogP contribution is -2.45. The van der Waals surface area contributed by atoms with Crippen LogP contribution in [0.3, 0.4) is 0 Å². The third kappa shape index (κ3) is 3.94. The molecule has 1 heterocycles. The van der Waals surface area contributed by atoms with Crippen LogP contribution in [0.5, 0.6) is 5.75 Å². The highest BCUT2D eigenvalue weighted by Gasteiger charge is 2.31. The van der Waals surface area contributed by atoms with Gasteiger partial charge >= 0.3 is 0 Å². The molecule has 2 amide bonds. The van der Waals surface area contributed by atoms with Crippen LogP contribution in [0.1, 0.15) is 12.5 Å². The maximum atomic E-state index is 12.6. The largest absolute Gasteiger partial charge is 0.479 e. The number of hydrogen-bond acceptors (Lipinski definition) is 3. The van der Waals surface area contributed by atoms with E-state index in [9.17, 15) is 9.59 Å². The molecule has 6 heteroatoms. The van der Waals surface area contributed by atoms with Gasteiger partial charge in [-0.2, -0.15) is 0 Å². The Labute approximate surface area is 151 Å². The molecule has 1 unspecified atom stereocenters. The maximum Gasteiger partial charge on any atom is 0.267 e. The number of ether oxygens (including phenoxy) is 1. The molecule has 5 nitrogen and oxygen atoms in total. The summed E-state index contributed by atoms with van der Waals surface area (Å²) in [5.74, 6) is 0.114. The Kier molecular flexibility index (Phi) is 5.24. The van der Waals surface area contributed by atoms with Gasteiger partial charge in [-0.05, 0) is 37.1 Å². The number of carbonyl (C=O) groups excluding carboxylic acids is 2. The van der Waals surface area contributed by atoms with Crippen molar-refractivity contribution in [1.82, 2.24) is 0 Å². The molecule has 0 spiro atoms. The molecule has 1 aliphatic rings. The smallest absolute Gasteiger partial charge is 0.267 e. The second-order valence-electron chi connectivity index (χ2n) is 5.85. The van der Waals surface area contributed by atoms with Crippen molar-refractivity contribution >= 4 is 34.8 Å². The number of benzene rings is 2. The van der Waals surface area contributed by atoms with Crippen LogP contribution in [0.2, 0.25) is 0 Å². The first-order chi connectivity index (χ1) is 12.1. The number of alkyl halides is 1. The Hall–Kier alpha value is -2.53. The number of nitrogens with zero attached hydrogens (tertiary/aromatic N) is 1. The van der Waals surface area contributed by atoms with Crippen LogP contribution in [-0.2, 0) is 16.0 Å². The minimum Gasteiger partial charge on any atom is -0.479 e. The Morgan fingerprint density at radius 1 is 1.24 bits per heavy atom. The summed E-state index contributed by atoms with van der Waals surface area (Å²) in [6.07, 6.45) is 0.198. The number of hydrogen-bond donors (Lipinski definition) is 1. The Morgan fingerprint density at radius 2 is 2.00 bits per heavy atom. The molecule has 0 fully saturated rings. The molecule has 2 aromatic carbocycles. The van der Waals surface area contributed by atoms with Crippen LogP contribution in [0.4, 0.5) is 11.4 Å². The van der Waals surface area contributed by atoms with Gasteiger partial charge in [0, 0.05) is 12.2 Å². The summed E-state index contributed by atoms with van der Waals surface area (Å²) in [6, 6.07) is 15.2. The highest BCUT2D eigenvalue weighted by molar-refractivity contribution is 6.29. The van der Waals surface area contributed by atoms with Gasteiger partial charge in [-0.3, -0.25) is 9.59 Å². The van der Waals surface area contributed by atoms with Crippen molar-refractivity contribution in [2.24, 2.45) is 0 Å². The fourth-order valence-corrected chi connectivity index (χ4v) is 2.86. The average Bonchev–Trinajstić information content (AvgIpc) is 2.63. The standard InChI is InChI=1S/C19H19ClN2O3/c1-13-19(24)22(10-9-14-5-3-2-4-6-14)16-11-15(21-18(23)12-20)7-8-17(16)25-13/h2-8,11,13H,9-10,12H2,1H3,(H,21,23). The first-order valence-corrected chi connectivity index (χ1v) is 8.64. The lowest BCUT2D eigenvalue weighted by atomic mass is 10.1. The topological polar surface area (TPSA) is 58.6 Å². The fraction of sp³-hybridized carbons (Fsp3) is 0.263. The zero-order valence-corrected chi connectivity index (χ0v) is 14.6. The lowest BCUT2D eigenvalue weighted by Gasteiger charge is -2.33. The van der Waals surface area contributed by atoms with Gasteiger partial charge < -0.3 is 15.0 Å². The summed E-state index contributed by atoms with van der Waals surface area (Å²) in [5, 5.41) is 2.70. The van der Waals surface area contributed by atoms with E-state index >= 15 is 0 Å². The van der Waals surface area contributed by atoms with Crippen molar-refractivity contribution in [2.75, 3.05) is 22.6 Å². The molecule has 1 atom stereocenters. The Balaban J connectivity index is 1.85. The van der Waals surface area contributed by atoms with Gasteiger partial charge in [0.1, 0.15) is 11.6 Å². The average molecular weight is 359 g/mol. The summed E-state index contributed by atoms with van der Waals surface area (Å²) < 4.78 is 5.68. The summed E-state index contributed by atoms with van der Waals surface area (Å²) in [4.78, 5) is 25.8. The zero-order valence-electron chi connectivity index (χ0n) is 13.9. The molecule has 0 aliphatic carbocycles. The predicted octanol–water partition coefficient (Wildman–Crippen LogP) is 3.22. The van der Waals surface area contributed by atoms with E-state index in [4.69, 9.17) is 16.3 Å². The first kappa shape index (κ1) is 17.3. The summed E-state index contributed by atoms with van der Waals surface area (Å²) in [5.41, 5.74) is 2.40. The van der Waals surface area contributed by atoms with Crippen LogP contribution < -0.4 is 15.0 Å². The van der Waals surface area contributed by atoms with Crippen LogP contribution in [0, 0.1) is 0 Å². The Bertz CT molecular complexity index is 779. The normalized spacial score (nSPS) is 16.2. The number of carbonyl (C=O) groups is 2. The third-order valence-corrected chi connectivity index (χ3v) is 4.28. The van der Waals surface area contributed by atoms with Gasteiger partial charge in [0.15, 0.2) is 6.10 Å². The van der Waals surface area contributed by atoms with Crippen LogP contribution in [0.15, 0.2) is 48.5 Å². The molecule has 3 rings (SSSR count). The van der Waals surface area contributed by atoms with Crippen molar-refractivity contribution in [1.29, 1.82) is 0 Å². The third-order valence-electron chi connectivity index (χ3n) is 4.04. The molecule has 130 valence electrons. The van der Waals surface area contributed by atoms with E-state index in [1.54, 1.807) is 30.0 Å². The first-order valence-electron chi connectivity index (χ1n) is 8.10. The van der Waals surface area contributed by atoms with E-state index in [0.717, 1.165) is 12.0 Å². The van der Waals surface area contributed by atoms with E-state index in [0.29, 0.717) is 23.7 Å². The number of amides is 2. The van der Waals surface area contributed by atoms with Crippen molar-refractivity contribution in [3.63, 3.8) is 0 Å². The zero-order chi connectivity index (χ0) is 17.8. The van der Waals surface area contributed by atoms with Crippen LogP contribution in [0.25, 0.3) is 0 Å². The lowest BCUT2D eigenvalue weighted by molar-refractivity contribution is -0.125. The highest BCUT2D eigenvalue weighted by atomic mass is 35.5. The summed E-state index contributed by atoms with van der Waals surface area (Å²) in [6.45, 7) is 2.28. The molecule has 0 aromatic heterocycles. The molecule has 2 aromatic rings. The molecule has 0 saturated carbocycles. The van der Waals surface area contributed by atoms with E-state index in [-0.39, 0.29) is 17.7 Å². The summed E-state index contributed by atoms with van der Waals surface area (Å²) in [7, 11) is 0. The van der Waals surface area contributed by atoms with Crippen molar-refractivity contribution < 1.29 is 14.3 Å². The second-order valence-corrected chi connectivity index (χ2v) is 6.12. The monoisotopic (exact) mass is 358 g/mol. The predicted molar refractivity (Wildman–Crippen MR) is 98.4 cm³/mol. The molecule has 0 saturated heterocycles. The molecule has 0 bridgehead atoms. The second kappa shape index (κ2) is 7.57. The maximum absolute atomic E-state index is 12.6. The Morgan fingerprint density at radius 3 is 2.72 bits per heavy atom. The van der Waals surface area contributed by atoms with E-state index in [1.807, 2.05) is 30.3 Å². The SMILES string of the molecule is CC1Oc2ccc(NC(=O)CCl)cc2N(CCc2ccccc2)C1=O. The van der Waals surface area contributed by atoms with Crippen LogP contribution >= 0.6 is 11.6 Å². The fourth-order valence-electron chi connectivity index (χ4n) is 2.80. The van der Waals surface area contributed by atoms with Crippen LogP contribution in [-0.4, -0.2) is 30.3 Å². The van der Waals surface area contributed by atoms with Gasteiger partial charge in [-0.1, -0.05) is 30.3 Å². The van der Waals surface area contributed by atoms with E-state index < -0.39 is 6.10 Å². The number of halogens is 1. The highest BCUT2D eigenvalue weighted by Crippen LogP contribution is 2.36. The van der Waals surface area contributed by atoms with Crippen molar-refractivity contribution in [3.8, 4) is 5.75 Å². The quantitative estimate of drug-likeness (QED) is 0.835. The van der Waals surface area contributed by atoms with Gasteiger partial charge in [0.25, 0.3) is 5.91 Å². The van der Waals surface area contributed by atoms with E-state index in [1.165, 1.54) is 0 Å². The molecule has 1 N–H and O–H groups in total. The molecule has 25 heavy (non-hydrogen) atoms. The minimum atomic E-state index is -0.536. The molecule has 1 aliphatic heterocycles. The van der Waals surface area contributed by atoms with Crippen molar-refractivity contribution in [2.45, 2.75) is 19.4 Å². The number of anilines is 2. The number of nitrogens with one attached hydrogen (secondary N) is 1. The molecule has 0 radical (unpaired) electrons. The molecular weight excluding hydrogens is 340 g/mol.